The van der Waals surface area contributed by atoms with Crippen LogP contribution in [0.25, 0.3) is 0 Å². The SMILES string of the molecule is CC(Sc1ccc(NC(=O)COc2ccccc2)cc1)C(=O)Nc1ccc2c(c1)OCO2. The van der Waals surface area contributed by atoms with Crippen molar-refractivity contribution >= 4 is 35.0 Å². The van der Waals surface area contributed by atoms with Crippen molar-refractivity contribution in [3.8, 4) is 17.2 Å². The second-order valence-electron chi connectivity index (χ2n) is 6.99. The molecule has 2 amide bonds. The third kappa shape index (κ3) is 5.73. The van der Waals surface area contributed by atoms with Gasteiger partial charge in [-0.2, -0.15) is 0 Å². The molecule has 0 bridgehead atoms. The summed E-state index contributed by atoms with van der Waals surface area (Å²) >= 11 is 1.43. The number of nitrogens with one attached hydrogen (secondary N) is 2. The van der Waals surface area contributed by atoms with E-state index in [1.807, 2.05) is 37.3 Å². The van der Waals surface area contributed by atoms with Crippen LogP contribution in [0.15, 0.2) is 77.7 Å². The molecule has 0 aromatic heterocycles. The second-order valence-corrected chi connectivity index (χ2v) is 8.41. The zero-order valence-corrected chi connectivity index (χ0v) is 18.2. The van der Waals surface area contributed by atoms with E-state index in [1.54, 1.807) is 42.5 Å². The van der Waals surface area contributed by atoms with Crippen molar-refractivity contribution < 1.29 is 23.8 Å². The summed E-state index contributed by atoms with van der Waals surface area (Å²) in [6, 6.07) is 21.8. The zero-order valence-electron chi connectivity index (χ0n) is 17.4. The monoisotopic (exact) mass is 450 g/mol. The van der Waals surface area contributed by atoms with Crippen LogP contribution in [0.2, 0.25) is 0 Å². The smallest absolute Gasteiger partial charge is 0.262 e. The lowest BCUT2D eigenvalue weighted by Gasteiger charge is -2.13. The van der Waals surface area contributed by atoms with E-state index in [1.165, 1.54) is 11.8 Å². The minimum atomic E-state index is -0.319. The molecule has 0 radical (unpaired) electrons. The fourth-order valence-electron chi connectivity index (χ4n) is 2.96. The van der Waals surface area contributed by atoms with Crippen LogP contribution < -0.4 is 24.8 Å². The third-order valence-electron chi connectivity index (χ3n) is 4.57. The summed E-state index contributed by atoms with van der Waals surface area (Å²) in [6.07, 6.45) is 0. The van der Waals surface area contributed by atoms with Gasteiger partial charge in [0.05, 0.1) is 5.25 Å². The normalized spacial score (nSPS) is 12.7. The highest BCUT2D eigenvalue weighted by Crippen LogP contribution is 2.34. The molecule has 1 aliphatic heterocycles. The number of carbonyl (C=O) groups excluding carboxylic acids is 2. The van der Waals surface area contributed by atoms with Gasteiger partial charge in [-0.3, -0.25) is 9.59 Å². The number of amides is 2. The lowest BCUT2D eigenvalue weighted by molar-refractivity contribution is -0.118. The highest BCUT2D eigenvalue weighted by Gasteiger charge is 2.18. The number of thioether (sulfide) groups is 1. The Labute approximate surface area is 190 Å². The summed E-state index contributed by atoms with van der Waals surface area (Å²) in [6.45, 7) is 1.96. The Morgan fingerprint density at radius 1 is 0.938 bits per heavy atom. The number of fused-ring (bicyclic) bond motifs is 1. The van der Waals surface area contributed by atoms with Gasteiger partial charge >= 0.3 is 0 Å². The average Bonchev–Trinajstić information content (AvgIpc) is 3.27. The van der Waals surface area contributed by atoms with Crippen molar-refractivity contribution in [2.45, 2.75) is 17.1 Å². The molecule has 164 valence electrons. The van der Waals surface area contributed by atoms with E-state index >= 15 is 0 Å². The topological polar surface area (TPSA) is 85.9 Å². The lowest BCUT2D eigenvalue weighted by Crippen LogP contribution is -2.22. The standard InChI is InChI=1S/C24H22N2O5S/c1-16(24(28)26-18-9-12-21-22(13-18)31-15-30-21)32-20-10-7-17(8-11-20)25-23(27)14-29-19-5-3-2-4-6-19/h2-13,16H,14-15H2,1H3,(H,25,27)(H,26,28). The first-order chi connectivity index (χ1) is 15.6. The third-order valence-corrected chi connectivity index (χ3v) is 5.69. The zero-order chi connectivity index (χ0) is 22.3. The van der Waals surface area contributed by atoms with Crippen molar-refractivity contribution in [3.63, 3.8) is 0 Å². The summed E-state index contributed by atoms with van der Waals surface area (Å²) in [5.74, 6) is 1.57. The molecule has 1 aliphatic rings. The van der Waals surface area contributed by atoms with Gasteiger partial charge in [-0.25, -0.2) is 0 Å². The Morgan fingerprint density at radius 2 is 1.66 bits per heavy atom. The Bertz CT molecular complexity index is 1090. The molecule has 7 nitrogen and oxygen atoms in total. The Kier molecular flexibility index (Phi) is 6.81. The first kappa shape index (κ1) is 21.6. The number of para-hydroxylation sites is 1. The van der Waals surface area contributed by atoms with Gasteiger partial charge in [-0.1, -0.05) is 18.2 Å². The van der Waals surface area contributed by atoms with E-state index in [0.29, 0.717) is 28.6 Å². The Morgan fingerprint density at radius 3 is 2.44 bits per heavy atom. The number of carbonyl (C=O) groups is 2. The predicted molar refractivity (Wildman–Crippen MR) is 124 cm³/mol. The minimum Gasteiger partial charge on any atom is -0.484 e. The maximum atomic E-state index is 12.5. The van der Waals surface area contributed by atoms with Crippen LogP contribution in [0.1, 0.15) is 6.92 Å². The summed E-state index contributed by atoms with van der Waals surface area (Å²) in [5.41, 5.74) is 1.32. The van der Waals surface area contributed by atoms with E-state index < -0.39 is 0 Å². The summed E-state index contributed by atoms with van der Waals surface area (Å²) < 4.78 is 16.1. The quantitative estimate of drug-likeness (QED) is 0.490. The molecular weight excluding hydrogens is 428 g/mol. The van der Waals surface area contributed by atoms with Crippen LogP contribution in [-0.2, 0) is 9.59 Å². The number of hydrogen-bond acceptors (Lipinski definition) is 6. The van der Waals surface area contributed by atoms with E-state index in [0.717, 1.165) is 4.90 Å². The average molecular weight is 451 g/mol. The first-order valence-electron chi connectivity index (χ1n) is 10.0. The second kappa shape index (κ2) is 10.1. The lowest BCUT2D eigenvalue weighted by atomic mass is 10.2. The summed E-state index contributed by atoms with van der Waals surface area (Å²) in [5, 5.41) is 5.37. The molecule has 2 N–H and O–H groups in total. The molecule has 4 rings (SSSR count). The number of rotatable bonds is 8. The van der Waals surface area contributed by atoms with E-state index in [4.69, 9.17) is 14.2 Å². The number of hydrogen-bond donors (Lipinski definition) is 2. The van der Waals surface area contributed by atoms with Crippen LogP contribution in [-0.4, -0.2) is 30.5 Å². The largest absolute Gasteiger partial charge is 0.484 e. The number of anilines is 2. The Hall–Kier alpha value is -3.65. The number of ether oxygens (including phenoxy) is 3. The van der Waals surface area contributed by atoms with Crippen LogP contribution in [0.3, 0.4) is 0 Å². The number of benzene rings is 3. The van der Waals surface area contributed by atoms with Crippen molar-refractivity contribution in [2.75, 3.05) is 24.0 Å². The summed E-state index contributed by atoms with van der Waals surface area (Å²) in [7, 11) is 0. The first-order valence-corrected chi connectivity index (χ1v) is 10.9. The van der Waals surface area contributed by atoms with Crippen molar-refractivity contribution in [1.82, 2.24) is 0 Å². The molecule has 0 aliphatic carbocycles. The molecule has 1 atom stereocenters. The van der Waals surface area contributed by atoms with Crippen LogP contribution in [0.5, 0.6) is 17.2 Å². The molecule has 8 heteroatoms. The van der Waals surface area contributed by atoms with E-state index in [-0.39, 0.29) is 30.5 Å². The fourth-order valence-corrected chi connectivity index (χ4v) is 3.82. The molecule has 0 spiro atoms. The van der Waals surface area contributed by atoms with Gasteiger partial charge < -0.3 is 24.8 Å². The Balaban J connectivity index is 1.25. The van der Waals surface area contributed by atoms with Crippen LogP contribution in [0.4, 0.5) is 11.4 Å². The molecule has 1 heterocycles. The van der Waals surface area contributed by atoms with Crippen molar-refractivity contribution in [1.29, 1.82) is 0 Å². The minimum absolute atomic E-state index is 0.0718. The highest BCUT2D eigenvalue weighted by molar-refractivity contribution is 8.00. The van der Waals surface area contributed by atoms with Gasteiger partial charge in [0.1, 0.15) is 5.75 Å². The maximum absolute atomic E-state index is 12.5. The highest BCUT2D eigenvalue weighted by atomic mass is 32.2. The molecule has 32 heavy (non-hydrogen) atoms. The van der Waals surface area contributed by atoms with Crippen molar-refractivity contribution in [3.05, 3.63) is 72.8 Å². The van der Waals surface area contributed by atoms with Crippen LogP contribution in [0, 0.1) is 0 Å². The van der Waals surface area contributed by atoms with Gasteiger partial charge in [0.2, 0.25) is 12.7 Å². The molecule has 1 unspecified atom stereocenters. The maximum Gasteiger partial charge on any atom is 0.262 e. The summed E-state index contributed by atoms with van der Waals surface area (Å²) in [4.78, 5) is 25.5. The van der Waals surface area contributed by atoms with Gasteiger partial charge in [0, 0.05) is 22.3 Å². The van der Waals surface area contributed by atoms with Crippen LogP contribution >= 0.6 is 11.8 Å². The molecular formula is C24H22N2O5S. The fraction of sp³-hybridized carbons (Fsp3) is 0.167. The molecule has 0 saturated heterocycles. The molecule has 0 saturated carbocycles. The van der Waals surface area contributed by atoms with E-state index in [9.17, 15) is 9.59 Å². The van der Waals surface area contributed by atoms with Gasteiger partial charge in [-0.05, 0) is 55.5 Å². The molecule has 3 aromatic rings. The van der Waals surface area contributed by atoms with Gasteiger partial charge in [-0.15, -0.1) is 11.8 Å². The van der Waals surface area contributed by atoms with Gasteiger partial charge in [0.25, 0.3) is 5.91 Å². The molecule has 0 fully saturated rings. The van der Waals surface area contributed by atoms with Gasteiger partial charge in [0.15, 0.2) is 18.1 Å². The molecule has 3 aromatic carbocycles. The van der Waals surface area contributed by atoms with E-state index in [2.05, 4.69) is 10.6 Å². The predicted octanol–water partition coefficient (Wildman–Crippen LogP) is 4.55. The van der Waals surface area contributed by atoms with Crippen molar-refractivity contribution in [2.24, 2.45) is 0 Å².